The first kappa shape index (κ1) is 18.5. The lowest BCUT2D eigenvalue weighted by Gasteiger charge is -2.04. The van der Waals surface area contributed by atoms with Crippen LogP contribution in [0.3, 0.4) is 0 Å². The highest BCUT2D eigenvalue weighted by atomic mass is 32.1. The molecule has 0 aliphatic carbocycles. The fourth-order valence-electron chi connectivity index (χ4n) is 2.63. The number of aromatic nitrogens is 3. The van der Waals surface area contributed by atoms with Crippen LogP contribution < -0.4 is 5.32 Å². The lowest BCUT2D eigenvalue weighted by molar-refractivity contribution is -0.115. The Morgan fingerprint density at radius 2 is 1.96 bits per heavy atom. The van der Waals surface area contributed by atoms with Crippen LogP contribution in [0.1, 0.15) is 31.0 Å². The molecule has 0 aliphatic heterocycles. The van der Waals surface area contributed by atoms with Crippen LogP contribution in [0, 0.1) is 0 Å². The van der Waals surface area contributed by atoms with Crippen molar-refractivity contribution in [2.45, 2.75) is 26.2 Å². The first-order valence-electron chi connectivity index (χ1n) is 8.80. The van der Waals surface area contributed by atoms with Crippen LogP contribution in [0.4, 0.5) is 5.13 Å². The van der Waals surface area contributed by atoms with Crippen LogP contribution >= 0.6 is 22.7 Å². The van der Waals surface area contributed by atoms with Crippen molar-refractivity contribution in [3.63, 3.8) is 0 Å². The lowest BCUT2D eigenvalue weighted by Crippen LogP contribution is -2.14. The van der Waals surface area contributed by atoms with E-state index in [0.717, 1.165) is 15.6 Å². The number of nitrogens with zero attached hydrogens (tertiary/aromatic N) is 3. The Morgan fingerprint density at radius 1 is 1.14 bits per heavy atom. The monoisotopic (exact) mass is 410 g/mol. The van der Waals surface area contributed by atoms with E-state index in [0.29, 0.717) is 22.5 Å². The van der Waals surface area contributed by atoms with E-state index < -0.39 is 0 Å². The zero-order valence-corrected chi connectivity index (χ0v) is 17.0. The molecule has 4 rings (SSSR count). The van der Waals surface area contributed by atoms with Crippen LogP contribution in [0.25, 0.3) is 21.3 Å². The third-order valence-corrected chi connectivity index (χ3v) is 5.91. The van der Waals surface area contributed by atoms with Gasteiger partial charge in [-0.05, 0) is 23.6 Å². The summed E-state index contributed by atoms with van der Waals surface area (Å²) in [6, 6.07) is 11.9. The van der Waals surface area contributed by atoms with Gasteiger partial charge in [-0.1, -0.05) is 49.4 Å². The minimum atomic E-state index is -0.172. The summed E-state index contributed by atoms with van der Waals surface area (Å²) in [7, 11) is 0. The molecule has 8 heteroatoms. The van der Waals surface area contributed by atoms with Crippen LogP contribution in [0.2, 0.25) is 0 Å². The fourth-order valence-corrected chi connectivity index (χ4v) is 4.18. The van der Waals surface area contributed by atoms with Gasteiger partial charge in [-0.2, -0.15) is 0 Å². The summed E-state index contributed by atoms with van der Waals surface area (Å²) in [6.45, 7) is 4.32. The van der Waals surface area contributed by atoms with Crippen LogP contribution in [0.5, 0.6) is 0 Å². The molecule has 0 bridgehead atoms. The SMILES string of the molecule is CC(C)c1ccc(-c2nnc(NC(=O)Cc3csc(-c4ccco4)n3)s2)cc1. The number of hydrogen-bond acceptors (Lipinski definition) is 7. The van der Waals surface area contributed by atoms with Crippen molar-refractivity contribution in [3.05, 3.63) is 59.3 Å². The van der Waals surface area contributed by atoms with Gasteiger partial charge >= 0.3 is 0 Å². The summed E-state index contributed by atoms with van der Waals surface area (Å²) in [4.78, 5) is 16.8. The first-order chi connectivity index (χ1) is 13.6. The summed E-state index contributed by atoms with van der Waals surface area (Å²) in [5.41, 5.74) is 2.96. The summed E-state index contributed by atoms with van der Waals surface area (Å²) < 4.78 is 5.33. The minimum Gasteiger partial charge on any atom is -0.462 e. The molecule has 0 atom stereocenters. The standard InChI is InChI=1S/C20H18N4O2S2/c1-12(2)13-5-7-14(8-6-13)18-23-24-20(28-18)22-17(25)10-15-11-27-19(21-15)16-4-3-9-26-16/h3-9,11-12H,10H2,1-2H3,(H,22,24,25). The Balaban J connectivity index is 1.39. The second-order valence-corrected chi connectivity index (χ2v) is 8.37. The molecule has 28 heavy (non-hydrogen) atoms. The van der Waals surface area contributed by atoms with Crippen molar-refractivity contribution in [2.75, 3.05) is 5.32 Å². The maximum Gasteiger partial charge on any atom is 0.232 e. The van der Waals surface area contributed by atoms with Crippen molar-refractivity contribution >= 4 is 33.7 Å². The lowest BCUT2D eigenvalue weighted by atomic mass is 10.0. The predicted molar refractivity (Wildman–Crippen MR) is 112 cm³/mol. The Bertz CT molecular complexity index is 1070. The maximum atomic E-state index is 12.3. The van der Waals surface area contributed by atoms with E-state index in [1.807, 2.05) is 29.6 Å². The first-order valence-corrected chi connectivity index (χ1v) is 10.5. The predicted octanol–water partition coefficient (Wildman–Crippen LogP) is 5.23. The maximum absolute atomic E-state index is 12.3. The molecule has 1 N–H and O–H groups in total. The Morgan fingerprint density at radius 3 is 2.68 bits per heavy atom. The Labute approximate surface area is 170 Å². The molecule has 1 aromatic carbocycles. The Hall–Kier alpha value is -2.84. The van der Waals surface area contributed by atoms with Gasteiger partial charge in [0.1, 0.15) is 5.01 Å². The number of amides is 1. The number of carbonyl (C=O) groups is 1. The molecular weight excluding hydrogens is 392 g/mol. The summed E-state index contributed by atoms with van der Waals surface area (Å²) in [5, 5.41) is 14.9. The van der Waals surface area contributed by atoms with Crippen LogP contribution in [-0.4, -0.2) is 21.1 Å². The van der Waals surface area contributed by atoms with Crippen LogP contribution in [0.15, 0.2) is 52.5 Å². The summed E-state index contributed by atoms with van der Waals surface area (Å²) >= 11 is 2.81. The average molecular weight is 411 g/mol. The average Bonchev–Trinajstić information content (AvgIpc) is 3.43. The molecule has 6 nitrogen and oxygen atoms in total. The second-order valence-electron chi connectivity index (χ2n) is 6.54. The number of benzene rings is 1. The minimum absolute atomic E-state index is 0.172. The molecule has 3 aromatic heterocycles. The molecule has 0 saturated heterocycles. The molecule has 1 amide bonds. The summed E-state index contributed by atoms with van der Waals surface area (Å²) in [6.07, 6.45) is 1.78. The van der Waals surface area contributed by atoms with Crippen molar-refractivity contribution in [2.24, 2.45) is 0 Å². The zero-order chi connectivity index (χ0) is 19.5. The molecule has 4 aromatic rings. The van der Waals surface area contributed by atoms with Gasteiger partial charge in [0.15, 0.2) is 10.8 Å². The van der Waals surface area contributed by atoms with Gasteiger partial charge in [-0.15, -0.1) is 21.5 Å². The van der Waals surface area contributed by atoms with E-state index >= 15 is 0 Å². The molecule has 0 spiro atoms. The number of carbonyl (C=O) groups excluding carboxylic acids is 1. The van der Waals surface area contributed by atoms with Gasteiger partial charge in [0, 0.05) is 10.9 Å². The molecule has 0 fully saturated rings. The van der Waals surface area contributed by atoms with Gasteiger partial charge in [0.2, 0.25) is 11.0 Å². The van der Waals surface area contributed by atoms with E-state index in [9.17, 15) is 4.79 Å². The second kappa shape index (κ2) is 8.04. The Kier molecular flexibility index (Phi) is 5.31. The third-order valence-electron chi connectivity index (χ3n) is 4.12. The highest BCUT2D eigenvalue weighted by molar-refractivity contribution is 7.18. The summed E-state index contributed by atoms with van der Waals surface area (Å²) in [5.74, 6) is 1.01. The van der Waals surface area contributed by atoms with Gasteiger partial charge < -0.3 is 9.73 Å². The quantitative estimate of drug-likeness (QED) is 0.471. The highest BCUT2D eigenvalue weighted by Gasteiger charge is 2.13. The number of rotatable bonds is 6. The molecule has 0 saturated carbocycles. The third kappa shape index (κ3) is 4.18. The van der Waals surface area contributed by atoms with Gasteiger partial charge in [-0.25, -0.2) is 4.98 Å². The number of hydrogen-bond donors (Lipinski definition) is 1. The van der Waals surface area contributed by atoms with Crippen molar-refractivity contribution in [1.82, 2.24) is 15.2 Å². The van der Waals surface area contributed by atoms with E-state index in [-0.39, 0.29) is 12.3 Å². The molecule has 3 heterocycles. The number of anilines is 1. The van der Waals surface area contributed by atoms with E-state index in [2.05, 4.69) is 46.5 Å². The van der Waals surface area contributed by atoms with E-state index in [1.54, 1.807) is 6.26 Å². The van der Waals surface area contributed by atoms with E-state index in [4.69, 9.17) is 4.42 Å². The topological polar surface area (TPSA) is 80.9 Å². The molecule has 0 unspecified atom stereocenters. The van der Waals surface area contributed by atoms with Gasteiger partial charge in [-0.3, -0.25) is 4.79 Å². The zero-order valence-electron chi connectivity index (χ0n) is 15.4. The largest absolute Gasteiger partial charge is 0.462 e. The molecular formula is C20H18N4O2S2. The number of thiazole rings is 1. The van der Waals surface area contributed by atoms with Crippen molar-refractivity contribution in [3.8, 4) is 21.3 Å². The van der Waals surface area contributed by atoms with Crippen molar-refractivity contribution < 1.29 is 9.21 Å². The fraction of sp³-hybridized carbons (Fsp3) is 0.200. The number of furan rings is 1. The number of nitrogens with one attached hydrogen (secondary N) is 1. The molecule has 0 aliphatic rings. The smallest absolute Gasteiger partial charge is 0.232 e. The van der Waals surface area contributed by atoms with Crippen molar-refractivity contribution in [1.29, 1.82) is 0 Å². The molecule has 0 radical (unpaired) electrons. The van der Waals surface area contributed by atoms with Gasteiger partial charge in [0.25, 0.3) is 0 Å². The van der Waals surface area contributed by atoms with Crippen LogP contribution in [-0.2, 0) is 11.2 Å². The molecule has 142 valence electrons. The normalized spacial score (nSPS) is 11.1. The highest BCUT2D eigenvalue weighted by Crippen LogP contribution is 2.28. The van der Waals surface area contributed by atoms with Gasteiger partial charge in [0.05, 0.1) is 18.4 Å². The van der Waals surface area contributed by atoms with E-state index in [1.165, 1.54) is 28.2 Å².